The number of para-hydroxylation sites is 2. The van der Waals surface area contributed by atoms with Crippen molar-refractivity contribution < 1.29 is 9.53 Å². The topological polar surface area (TPSA) is 47.4 Å². The number of ether oxygens (including phenoxy) is 1. The number of carbonyl (C=O) groups is 1. The van der Waals surface area contributed by atoms with Crippen molar-refractivity contribution in [1.82, 2.24) is 14.5 Å². The van der Waals surface area contributed by atoms with Gasteiger partial charge in [-0.1, -0.05) is 18.2 Å². The number of benzene rings is 2. The molecule has 164 valence electrons. The van der Waals surface area contributed by atoms with Crippen LogP contribution in [-0.4, -0.2) is 39.0 Å². The first kappa shape index (κ1) is 21.4. The minimum Gasteiger partial charge on any atom is -0.494 e. The van der Waals surface area contributed by atoms with Crippen LogP contribution in [0.15, 0.2) is 42.5 Å². The molecule has 2 heterocycles. The minimum atomic E-state index is -0.164. The molecule has 1 atom stereocenters. The molecule has 1 amide bonds. The number of rotatable bonds is 6. The third-order valence-corrected chi connectivity index (χ3v) is 5.97. The van der Waals surface area contributed by atoms with Gasteiger partial charge in [0.1, 0.15) is 11.6 Å². The highest BCUT2D eigenvalue weighted by atomic mass is 16.5. The second kappa shape index (κ2) is 8.37. The molecule has 0 N–H and O–H groups in total. The van der Waals surface area contributed by atoms with E-state index in [-0.39, 0.29) is 17.4 Å². The largest absolute Gasteiger partial charge is 0.494 e. The van der Waals surface area contributed by atoms with Crippen LogP contribution in [0.1, 0.15) is 56.5 Å². The number of fused-ring (bicyclic) bond motifs is 1. The predicted molar refractivity (Wildman–Crippen MR) is 125 cm³/mol. The molecule has 1 unspecified atom stereocenters. The Hall–Kier alpha value is -2.82. The smallest absolute Gasteiger partial charge is 0.223 e. The summed E-state index contributed by atoms with van der Waals surface area (Å²) in [6.45, 7) is 12.7. The molecule has 1 aliphatic heterocycles. The Morgan fingerprint density at radius 1 is 1.10 bits per heavy atom. The molecule has 1 aliphatic rings. The van der Waals surface area contributed by atoms with E-state index in [1.54, 1.807) is 0 Å². The highest BCUT2D eigenvalue weighted by Gasteiger charge is 2.38. The molecule has 3 aromatic rings. The van der Waals surface area contributed by atoms with E-state index in [0.29, 0.717) is 13.0 Å². The van der Waals surface area contributed by atoms with Crippen molar-refractivity contribution in [3.05, 3.63) is 59.4 Å². The monoisotopic (exact) mass is 419 g/mol. The summed E-state index contributed by atoms with van der Waals surface area (Å²) < 4.78 is 8.32. The summed E-state index contributed by atoms with van der Waals surface area (Å²) in [5, 5.41) is 0. The third kappa shape index (κ3) is 4.60. The van der Waals surface area contributed by atoms with Crippen molar-refractivity contribution in [2.45, 2.75) is 65.5 Å². The summed E-state index contributed by atoms with van der Waals surface area (Å²) in [4.78, 5) is 19.6. The molecule has 1 aromatic heterocycles. The van der Waals surface area contributed by atoms with E-state index in [1.165, 1.54) is 11.1 Å². The summed E-state index contributed by atoms with van der Waals surface area (Å²) in [5.41, 5.74) is 4.39. The molecule has 1 fully saturated rings. The van der Waals surface area contributed by atoms with Crippen LogP contribution in [0.25, 0.3) is 11.0 Å². The zero-order chi connectivity index (χ0) is 22.2. The van der Waals surface area contributed by atoms with Crippen LogP contribution >= 0.6 is 0 Å². The van der Waals surface area contributed by atoms with Crippen LogP contribution < -0.4 is 4.74 Å². The first-order chi connectivity index (χ1) is 14.7. The lowest BCUT2D eigenvalue weighted by atomic mass is 10.1. The molecule has 5 nitrogen and oxygen atoms in total. The van der Waals surface area contributed by atoms with Crippen LogP contribution in [0.3, 0.4) is 0 Å². The van der Waals surface area contributed by atoms with Crippen LogP contribution in [0.4, 0.5) is 0 Å². The SMILES string of the molecule is Cc1cc(C)cc(OCCCn2c(C3CC(=O)N(C(C)(C)C)C3)nc3ccccc32)c1. The number of aryl methyl sites for hydroxylation is 3. The third-order valence-electron chi connectivity index (χ3n) is 5.97. The first-order valence-corrected chi connectivity index (χ1v) is 11.2. The number of amides is 1. The fraction of sp³-hybridized carbons (Fsp3) is 0.462. The molecule has 1 saturated heterocycles. The molecule has 0 radical (unpaired) electrons. The highest BCUT2D eigenvalue weighted by Crippen LogP contribution is 2.34. The van der Waals surface area contributed by atoms with E-state index in [1.807, 2.05) is 11.0 Å². The van der Waals surface area contributed by atoms with Crippen molar-refractivity contribution in [2.75, 3.05) is 13.2 Å². The van der Waals surface area contributed by atoms with Crippen molar-refractivity contribution >= 4 is 16.9 Å². The van der Waals surface area contributed by atoms with E-state index < -0.39 is 0 Å². The van der Waals surface area contributed by atoms with Gasteiger partial charge in [-0.05, 0) is 76.4 Å². The van der Waals surface area contributed by atoms with Crippen molar-refractivity contribution in [2.24, 2.45) is 0 Å². The van der Waals surface area contributed by atoms with E-state index in [0.717, 1.165) is 42.1 Å². The molecule has 2 aromatic carbocycles. The molecule has 31 heavy (non-hydrogen) atoms. The van der Waals surface area contributed by atoms with E-state index in [2.05, 4.69) is 75.6 Å². The lowest BCUT2D eigenvalue weighted by molar-refractivity contribution is -0.131. The fourth-order valence-electron chi connectivity index (χ4n) is 4.60. The zero-order valence-corrected chi connectivity index (χ0v) is 19.3. The van der Waals surface area contributed by atoms with Crippen LogP contribution in [-0.2, 0) is 11.3 Å². The summed E-state index contributed by atoms with van der Waals surface area (Å²) in [5.74, 6) is 2.29. The standard InChI is InChI=1S/C26H33N3O2/c1-18-13-19(2)15-21(14-18)31-12-8-11-28-23-10-7-6-9-22(23)27-25(28)20-16-24(30)29(17-20)26(3,4)5/h6-7,9-10,13-15,20H,8,11-12,16-17H2,1-5H3. The second-order valence-corrected chi connectivity index (χ2v) is 9.71. The average molecular weight is 420 g/mol. The Balaban J connectivity index is 1.51. The van der Waals surface area contributed by atoms with Gasteiger partial charge in [0, 0.05) is 31.0 Å². The van der Waals surface area contributed by atoms with Gasteiger partial charge in [0.2, 0.25) is 5.91 Å². The Labute approximate surface area is 185 Å². The van der Waals surface area contributed by atoms with Crippen LogP contribution in [0.2, 0.25) is 0 Å². The van der Waals surface area contributed by atoms with Gasteiger partial charge >= 0.3 is 0 Å². The van der Waals surface area contributed by atoms with Crippen molar-refractivity contribution in [3.63, 3.8) is 0 Å². The Bertz CT molecular complexity index is 1070. The van der Waals surface area contributed by atoms with Gasteiger partial charge in [-0.15, -0.1) is 0 Å². The van der Waals surface area contributed by atoms with Gasteiger partial charge in [-0.25, -0.2) is 4.98 Å². The van der Waals surface area contributed by atoms with Crippen molar-refractivity contribution in [1.29, 1.82) is 0 Å². The lowest BCUT2D eigenvalue weighted by Gasteiger charge is -2.32. The molecule has 0 spiro atoms. The summed E-state index contributed by atoms with van der Waals surface area (Å²) in [6, 6.07) is 14.6. The molecule has 0 bridgehead atoms. The molecule has 4 rings (SSSR count). The lowest BCUT2D eigenvalue weighted by Crippen LogP contribution is -2.42. The molecule has 5 heteroatoms. The number of hydrogen-bond donors (Lipinski definition) is 0. The number of aromatic nitrogens is 2. The van der Waals surface area contributed by atoms with Gasteiger partial charge in [0.15, 0.2) is 0 Å². The quantitative estimate of drug-likeness (QED) is 0.514. The fourth-order valence-corrected chi connectivity index (χ4v) is 4.60. The average Bonchev–Trinajstić information content (AvgIpc) is 3.25. The molecular weight excluding hydrogens is 386 g/mol. The summed E-state index contributed by atoms with van der Waals surface area (Å²) in [6.07, 6.45) is 1.41. The van der Waals surface area contributed by atoms with E-state index in [4.69, 9.17) is 9.72 Å². The predicted octanol–water partition coefficient (Wildman–Crippen LogP) is 5.24. The van der Waals surface area contributed by atoms with Gasteiger partial charge in [0.05, 0.1) is 17.6 Å². The Morgan fingerprint density at radius 3 is 2.48 bits per heavy atom. The first-order valence-electron chi connectivity index (χ1n) is 11.2. The molecular formula is C26H33N3O2. The Kier molecular flexibility index (Phi) is 5.78. The number of likely N-dealkylation sites (tertiary alicyclic amines) is 1. The maximum absolute atomic E-state index is 12.7. The maximum atomic E-state index is 12.7. The van der Waals surface area contributed by atoms with Gasteiger partial charge in [-0.2, -0.15) is 0 Å². The number of nitrogens with zero attached hydrogens (tertiary/aromatic N) is 3. The minimum absolute atomic E-state index is 0.125. The number of carbonyl (C=O) groups excluding carboxylic acids is 1. The second-order valence-electron chi connectivity index (χ2n) is 9.71. The molecule has 0 saturated carbocycles. The molecule has 0 aliphatic carbocycles. The summed E-state index contributed by atoms with van der Waals surface area (Å²) >= 11 is 0. The normalized spacial score (nSPS) is 17.0. The van der Waals surface area contributed by atoms with E-state index in [9.17, 15) is 4.79 Å². The van der Waals surface area contributed by atoms with Crippen molar-refractivity contribution in [3.8, 4) is 5.75 Å². The zero-order valence-electron chi connectivity index (χ0n) is 19.3. The van der Waals surface area contributed by atoms with Crippen LogP contribution in [0.5, 0.6) is 5.75 Å². The van der Waals surface area contributed by atoms with Gasteiger partial charge in [0.25, 0.3) is 0 Å². The van der Waals surface area contributed by atoms with Gasteiger partial charge in [-0.3, -0.25) is 4.79 Å². The maximum Gasteiger partial charge on any atom is 0.223 e. The highest BCUT2D eigenvalue weighted by molar-refractivity contribution is 5.81. The van der Waals surface area contributed by atoms with Crippen LogP contribution in [0, 0.1) is 13.8 Å². The Morgan fingerprint density at radius 2 is 1.81 bits per heavy atom. The number of imidazole rings is 1. The number of hydrogen-bond acceptors (Lipinski definition) is 3. The van der Waals surface area contributed by atoms with E-state index >= 15 is 0 Å². The summed E-state index contributed by atoms with van der Waals surface area (Å²) in [7, 11) is 0. The van der Waals surface area contributed by atoms with Gasteiger partial charge < -0.3 is 14.2 Å².